The van der Waals surface area contributed by atoms with Crippen LogP contribution in [-0.2, 0) is 9.59 Å². The largest absolute Gasteiger partial charge is 0.450 e. The summed E-state index contributed by atoms with van der Waals surface area (Å²) < 4.78 is 37.9. The Hall–Kier alpha value is -1.17. The Balaban J connectivity index is 1.54. The van der Waals surface area contributed by atoms with Crippen molar-refractivity contribution in [3.8, 4) is 0 Å². The molecule has 0 heterocycles. The van der Waals surface area contributed by atoms with Gasteiger partial charge in [0.2, 0.25) is 5.78 Å². The smallest absolute Gasteiger partial charge is 0.393 e. The number of allylic oxidation sites excluding steroid dienone is 1. The summed E-state index contributed by atoms with van der Waals surface area (Å²) in [4.78, 5) is 24.1. The summed E-state index contributed by atoms with van der Waals surface area (Å²) in [5, 5.41) is 10.1. The molecule has 0 saturated heterocycles. The van der Waals surface area contributed by atoms with Crippen molar-refractivity contribution in [2.75, 3.05) is 0 Å². The van der Waals surface area contributed by atoms with Crippen LogP contribution in [0.5, 0.6) is 0 Å². The van der Waals surface area contributed by atoms with Gasteiger partial charge in [-0.3, -0.25) is 9.59 Å². The van der Waals surface area contributed by atoms with Crippen LogP contribution in [0.2, 0.25) is 0 Å². The highest BCUT2D eigenvalue weighted by molar-refractivity contribution is 6.02. The molecule has 0 aromatic heterocycles. The average molecular weight is 412 g/mol. The van der Waals surface area contributed by atoms with E-state index in [1.54, 1.807) is 0 Å². The van der Waals surface area contributed by atoms with Gasteiger partial charge in [0.05, 0.1) is 12.5 Å². The SMILES string of the molecule is C[C@]12CC[C@H]3[C@@H](CC=C4C[C@H](O)CC[C@@]43C)[C@@H]1CC[C@@H]2C(=O)CC(=O)C(F)(F)F. The van der Waals surface area contributed by atoms with E-state index in [2.05, 4.69) is 19.9 Å². The van der Waals surface area contributed by atoms with Gasteiger partial charge in [-0.2, -0.15) is 13.2 Å². The van der Waals surface area contributed by atoms with Gasteiger partial charge in [-0.05, 0) is 80.0 Å². The molecule has 0 unspecified atom stereocenters. The number of fused-ring (bicyclic) bond motifs is 5. The number of halogens is 3. The maximum Gasteiger partial charge on any atom is 0.450 e. The topological polar surface area (TPSA) is 54.4 Å². The lowest BCUT2D eigenvalue weighted by Crippen LogP contribution is -2.51. The third-order valence-corrected chi connectivity index (χ3v) is 9.12. The van der Waals surface area contributed by atoms with E-state index in [4.69, 9.17) is 0 Å². The summed E-state index contributed by atoms with van der Waals surface area (Å²) in [5.74, 6) is -1.60. The van der Waals surface area contributed by atoms with Crippen LogP contribution in [0, 0.1) is 34.5 Å². The summed E-state index contributed by atoms with van der Waals surface area (Å²) in [5.41, 5.74) is 1.17. The van der Waals surface area contributed by atoms with Gasteiger partial charge in [0.1, 0.15) is 5.78 Å². The number of hydrogen-bond acceptors (Lipinski definition) is 3. The van der Waals surface area contributed by atoms with Gasteiger partial charge in [0, 0.05) is 5.92 Å². The normalized spacial score (nSPS) is 44.3. The zero-order chi connectivity index (χ0) is 21.2. The summed E-state index contributed by atoms with van der Waals surface area (Å²) in [6.07, 6.45) is 2.86. The molecule has 29 heavy (non-hydrogen) atoms. The molecule has 0 aliphatic heterocycles. The van der Waals surface area contributed by atoms with Gasteiger partial charge in [-0.25, -0.2) is 0 Å². The molecule has 0 aromatic carbocycles. The number of hydrogen-bond donors (Lipinski definition) is 1. The first kappa shape index (κ1) is 21.1. The van der Waals surface area contributed by atoms with Crippen molar-refractivity contribution < 1.29 is 27.9 Å². The molecule has 162 valence electrons. The molecule has 3 nitrogen and oxygen atoms in total. The van der Waals surface area contributed by atoms with Crippen molar-refractivity contribution in [3.05, 3.63) is 11.6 Å². The predicted molar refractivity (Wildman–Crippen MR) is 102 cm³/mol. The minimum absolute atomic E-state index is 0.0951. The first-order valence-electron chi connectivity index (χ1n) is 11.0. The highest BCUT2D eigenvalue weighted by Gasteiger charge is 2.60. The summed E-state index contributed by atoms with van der Waals surface area (Å²) >= 11 is 0. The number of rotatable bonds is 3. The van der Waals surface area contributed by atoms with Crippen molar-refractivity contribution in [1.82, 2.24) is 0 Å². The Kier molecular flexibility index (Phi) is 5.04. The lowest BCUT2D eigenvalue weighted by molar-refractivity contribution is -0.172. The number of Topliss-reactive ketones (excluding diaryl/α,β-unsaturated/α-hetero) is 2. The lowest BCUT2D eigenvalue weighted by Gasteiger charge is -2.58. The second kappa shape index (κ2) is 6.93. The van der Waals surface area contributed by atoms with Crippen LogP contribution in [0.25, 0.3) is 0 Å². The summed E-state index contributed by atoms with van der Waals surface area (Å²) in [7, 11) is 0. The second-order valence-electron chi connectivity index (χ2n) is 10.4. The fourth-order valence-corrected chi connectivity index (χ4v) is 7.55. The first-order valence-corrected chi connectivity index (χ1v) is 11.0. The van der Waals surface area contributed by atoms with Crippen LogP contribution in [-0.4, -0.2) is 29.0 Å². The lowest BCUT2D eigenvalue weighted by atomic mass is 9.47. The standard InChI is InChI=1S/C23H31F3O3/c1-21-9-7-14(27)11-13(21)3-4-15-16-5-6-18(22(16,2)10-8-17(15)21)19(28)12-20(29)23(24,25)26/h3,14-18,27H,4-12H2,1-2H3/t14-,15+,16+,17+,18-,21+,22+/m1/s1. The van der Waals surface area contributed by atoms with E-state index in [9.17, 15) is 27.9 Å². The maximum absolute atomic E-state index is 12.7. The van der Waals surface area contributed by atoms with Gasteiger partial charge < -0.3 is 5.11 Å². The van der Waals surface area contributed by atoms with Crippen LogP contribution < -0.4 is 0 Å². The minimum Gasteiger partial charge on any atom is -0.393 e. The molecule has 4 aliphatic carbocycles. The molecule has 0 radical (unpaired) electrons. The molecule has 0 amide bonds. The van der Waals surface area contributed by atoms with Crippen molar-refractivity contribution in [2.45, 2.75) is 83.9 Å². The van der Waals surface area contributed by atoms with Gasteiger partial charge in [0.15, 0.2) is 0 Å². The molecule has 7 atom stereocenters. The van der Waals surface area contributed by atoms with E-state index >= 15 is 0 Å². The number of aliphatic hydroxyl groups excluding tert-OH is 1. The molecule has 4 aliphatic rings. The molecule has 0 spiro atoms. The first-order chi connectivity index (χ1) is 13.5. The van der Waals surface area contributed by atoms with Crippen LogP contribution >= 0.6 is 0 Å². The summed E-state index contributed by atoms with van der Waals surface area (Å²) in [6.45, 7) is 4.40. The third kappa shape index (κ3) is 3.30. The molecule has 1 N–H and O–H groups in total. The van der Waals surface area contributed by atoms with Gasteiger partial charge >= 0.3 is 6.18 Å². The molecule has 0 aromatic rings. The number of ketones is 2. The molecule has 0 bridgehead atoms. The van der Waals surface area contributed by atoms with Crippen molar-refractivity contribution in [2.24, 2.45) is 34.5 Å². The Morgan fingerprint density at radius 1 is 1.10 bits per heavy atom. The van der Waals surface area contributed by atoms with Crippen LogP contribution in [0.1, 0.15) is 71.6 Å². The molecular weight excluding hydrogens is 381 g/mol. The average Bonchev–Trinajstić information content (AvgIpc) is 2.98. The van der Waals surface area contributed by atoms with Crippen LogP contribution in [0.3, 0.4) is 0 Å². The number of aliphatic hydroxyl groups is 1. The fourth-order valence-electron chi connectivity index (χ4n) is 7.55. The minimum atomic E-state index is -4.93. The highest BCUT2D eigenvalue weighted by Crippen LogP contribution is 2.66. The predicted octanol–water partition coefficient (Wildman–Crippen LogP) is 5.02. The molecular formula is C23H31F3O3. The zero-order valence-electron chi connectivity index (χ0n) is 17.2. The van der Waals surface area contributed by atoms with Crippen molar-refractivity contribution in [1.29, 1.82) is 0 Å². The molecule has 3 saturated carbocycles. The van der Waals surface area contributed by atoms with Crippen molar-refractivity contribution >= 4 is 11.6 Å². The zero-order valence-corrected chi connectivity index (χ0v) is 17.2. The van der Waals surface area contributed by atoms with Crippen LogP contribution in [0.15, 0.2) is 11.6 Å². The van der Waals surface area contributed by atoms with Crippen LogP contribution in [0.4, 0.5) is 13.2 Å². The quantitative estimate of drug-likeness (QED) is 0.523. The summed E-state index contributed by atoms with van der Waals surface area (Å²) in [6, 6.07) is 0. The van der Waals surface area contributed by atoms with E-state index in [-0.39, 0.29) is 16.9 Å². The van der Waals surface area contributed by atoms with Crippen molar-refractivity contribution in [3.63, 3.8) is 0 Å². The number of carbonyl (C=O) groups is 2. The van der Waals surface area contributed by atoms with Gasteiger partial charge in [-0.15, -0.1) is 0 Å². The van der Waals surface area contributed by atoms with E-state index in [1.165, 1.54) is 5.57 Å². The Bertz CT molecular complexity index is 742. The Morgan fingerprint density at radius 3 is 2.52 bits per heavy atom. The highest BCUT2D eigenvalue weighted by atomic mass is 19.4. The molecule has 3 fully saturated rings. The number of carbonyl (C=O) groups excluding carboxylic acids is 2. The van der Waals surface area contributed by atoms with E-state index in [1.807, 2.05) is 0 Å². The van der Waals surface area contributed by atoms with Gasteiger partial charge in [0.25, 0.3) is 0 Å². The van der Waals surface area contributed by atoms with E-state index in [0.29, 0.717) is 24.2 Å². The van der Waals surface area contributed by atoms with Gasteiger partial charge in [-0.1, -0.05) is 25.5 Å². The molecule has 4 rings (SSSR count). The monoisotopic (exact) mass is 412 g/mol. The Morgan fingerprint density at radius 2 is 1.83 bits per heavy atom. The van der Waals surface area contributed by atoms with E-state index < -0.39 is 30.1 Å². The maximum atomic E-state index is 12.7. The fraction of sp³-hybridized carbons (Fsp3) is 0.826. The number of alkyl halides is 3. The van der Waals surface area contributed by atoms with E-state index in [0.717, 1.165) is 44.9 Å². The second-order valence-corrected chi connectivity index (χ2v) is 10.4. The third-order valence-electron chi connectivity index (χ3n) is 9.12. The molecule has 6 heteroatoms. The Labute approximate surface area is 170 Å².